The minimum Gasteiger partial charge on any atom is -0.445 e. The van der Waals surface area contributed by atoms with Crippen molar-refractivity contribution in [1.82, 2.24) is 29.8 Å². The van der Waals surface area contributed by atoms with Gasteiger partial charge in [-0.25, -0.2) is 4.79 Å². The number of aliphatic hydroxyl groups is 1. The van der Waals surface area contributed by atoms with Crippen molar-refractivity contribution in [3.05, 3.63) is 65.7 Å². The van der Waals surface area contributed by atoms with Crippen molar-refractivity contribution in [1.29, 1.82) is 0 Å². The van der Waals surface area contributed by atoms with Gasteiger partial charge in [0.05, 0.1) is 48.9 Å². The molecule has 13 atom stereocenters. The number of amides is 6. The van der Waals surface area contributed by atoms with Gasteiger partial charge in [-0.2, -0.15) is 13.2 Å². The first-order valence-electron chi connectivity index (χ1n) is 36.5. The molecular formula is C76H118F3N7O13. The Hall–Kier alpha value is -6.14. The fraction of sp³-hybridized carbons (Fsp3) is 0.724. The molecule has 0 unspecified atom stereocenters. The Bertz CT molecular complexity index is 2900. The molecule has 556 valence electrons. The van der Waals surface area contributed by atoms with Crippen molar-refractivity contribution >= 4 is 58.7 Å². The van der Waals surface area contributed by atoms with Crippen LogP contribution in [0.25, 0.3) is 0 Å². The van der Waals surface area contributed by atoms with Crippen LogP contribution in [0.1, 0.15) is 202 Å². The van der Waals surface area contributed by atoms with Gasteiger partial charge < -0.3 is 44.2 Å². The molecule has 0 aromatic heterocycles. The average Bonchev–Trinajstić information content (AvgIpc) is 1.80. The summed E-state index contributed by atoms with van der Waals surface area (Å²) in [4.78, 5) is 132. The van der Waals surface area contributed by atoms with Crippen LogP contribution in [0.3, 0.4) is 0 Å². The number of unbranched alkanes of at least 4 members (excludes halogenated alkanes) is 2. The van der Waals surface area contributed by atoms with Crippen LogP contribution in [0.15, 0.2) is 54.6 Å². The fourth-order valence-corrected chi connectivity index (χ4v) is 14.8. The second kappa shape index (κ2) is 40.5. The quantitative estimate of drug-likeness (QED) is 0.0413. The maximum absolute atomic E-state index is 14.9. The summed E-state index contributed by atoms with van der Waals surface area (Å²) in [7, 11) is 6.24. The molecule has 0 saturated carbocycles. The average molecular weight is 1390 g/mol. The van der Waals surface area contributed by atoms with Crippen LogP contribution < -0.4 is 10.6 Å². The molecule has 3 N–H and O–H groups in total. The highest BCUT2D eigenvalue weighted by Crippen LogP contribution is 2.35. The van der Waals surface area contributed by atoms with E-state index >= 15 is 0 Å². The Morgan fingerprint density at radius 1 is 0.677 bits per heavy atom. The number of anilines is 1. The van der Waals surface area contributed by atoms with Crippen molar-refractivity contribution in [3.8, 4) is 0 Å². The topological polar surface area (TPSA) is 242 Å². The maximum atomic E-state index is 14.9. The van der Waals surface area contributed by atoms with Crippen LogP contribution in [0, 0.1) is 47.3 Å². The number of benzene rings is 2. The number of nitrogens with one attached hydrogen (secondary N) is 2. The van der Waals surface area contributed by atoms with Gasteiger partial charge in [0.25, 0.3) is 0 Å². The summed E-state index contributed by atoms with van der Waals surface area (Å²) in [6.45, 7) is 21.3. The largest absolute Gasteiger partial charge is 0.445 e. The summed E-state index contributed by atoms with van der Waals surface area (Å²) >= 11 is 0. The van der Waals surface area contributed by atoms with Crippen LogP contribution in [-0.4, -0.2) is 192 Å². The lowest BCUT2D eigenvalue weighted by Gasteiger charge is -2.41. The number of imide groups is 1. The molecule has 0 radical (unpaired) electrons. The van der Waals surface area contributed by atoms with E-state index in [0.717, 1.165) is 42.8 Å². The third kappa shape index (κ3) is 24.5. The maximum Gasteiger partial charge on any atom is 0.410 e. The zero-order valence-electron chi connectivity index (χ0n) is 61.6. The zero-order chi connectivity index (χ0) is 73.4. The number of piperidine rings is 1. The van der Waals surface area contributed by atoms with E-state index in [1.165, 1.54) is 19.1 Å². The minimum atomic E-state index is -4.67. The number of halogens is 3. The van der Waals surface area contributed by atoms with E-state index in [-0.39, 0.29) is 123 Å². The number of likely N-dealkylation sites (tertiary alicyclic amines) is 3. The summed E-state index contributed by atoms with van der Waals surface area (Å²) in [5, 5.41) is 16.6. The van der Waals surface area contributed by atoms with E-state index < -0.39 is 96.2 Å². The van der Waals surface area contributed by atoms with Crippen molar-refractivity contribution in [2.24, 2.45) is 47.3 Å². The molecule has 2 aromatic rings. The Labute approximate surface area is 587 Å². The number of alkyl halides is 3. The normalized spacial score (nSPS) is 19.2. The number of rotatable bonds is 42. The van der Waals surface area contributed by atoms with Gasteiger partial charge in [-0.3, -0.25) is 48.6 Å². The van der Waals surface area contributed by atoms with Gasteiger partial charge in [0.2, 0.25) is 29.5 Å². The van der Waals surface area contributed by atoms with E-state index in [9.17, 15) is 61.4 Å². The summed E-state index contributed by atoms with van der Waals surface area (Å²) in [6, 6.07) is 10.7. The number of carbonyl (C=O) groups is 9. The summed E-state index contributed by atoms with van der Waals surface area (Å²) in [5.41, 5.74) is 1.67. The van der Waals surface area contributed by atoms with Crippen molar-refractivity contribution in [2.45, 2.75) is 246 Å². The van der Waals surface area contributed by atoms with Gasteiger partial charge in [-0.1, -0.05) is 137 Å². The highest BCUT2D eigenvalue weighted by atomic mass is 19.4. The SMILES string of the molecule is CC[C@H](C)[C@@H]([C@@H](CC(=O)N1CCC[C@H]1[C@H](OC)[C@@H](C)C(=O)C[C@H](C)[C@@H](O)c1ccccc1)OC)N(C)C(=O)[C@@H](CC(=O)[C@H](C(C)C)N(C)C(=O)OCc1ccc(NC(=O)[C@H](CCCN2CCCCC2)CC(=O)[C@@H](N[C@@H](CCCCCN2C(=O)CCC2=O)C(F)(F)F)C(C)C)cc1)C(C)C. The molecule has 3 heterocycles. The van der Waals surface area contributed by atoms with E-state index in [0.29, 0.717) is 69.3 Å². The van der Waals surface area contributed by atoms with Crippen molar-refractivity contribution in [2.75, 3.05) is 66.4 Å². The number of ketones is 3. The Balaban J connectivity index is 1.20. The molecule has 0 bridgehead atoms. The summed E-state index contributed by atoms with van der Waals surface area (Å²) in [6.07, 6.45) is -1.02. The van der Waals surface area contributed by atoms with E-state index in [4.69, 9.17) is 14.2 Å². The van der Waals surface area contributed by atoms with Gasteiger partial charge in [0.15, 0.2) is 11.6 Å². The van der Waals surface area contributed by atoms with Gasteiger partial charge in [0.1, 0.15) is 18.4 Å². The molecule has 23 heteroatoms. The van der Waals surface area contributed by atoms with Crippen LogP contribution in [0.5, 0.6) is 0 Å². The highest BCUT2D eigenvalue weighted by Gasteiger charge is 2.46. The number of methoxy groups -OCH3 is 2. The molecule has 3 fully saturated rings. The molecule has 3 saturated heterocycles. The lowest BCUT2D eigenvalue weighted by Crippen LogP contribution is -2.54. The lowest BCUT2D eigenvalue weighted by molar-refractivity contribution is -0.161. The predicted octanol–water partition coefficient (Wildman–Crippen LogP) is 11.8. The number of carbonyl (C=O) groups excluding carboxylic acids is 9. The molecular weight excluding hydrogens is 1280 g/mol. The van der Waals surface area contributed by atoms with Crippen molar-refractivity contribution < 1.29 is 75.6 Å². The first-order valence-corrected chi connectivity index (χ1v) is 36.5. The molecule has 0 spiro atoms. The number of nitrogens with zero attached hydrogens (tertiary/aromatic N) is 5. The van der Waals surface area contributed by atoms with Gasteiger partial charge >= 0.3 is 12.3 Å². The zero-order valence-corrected chi connectivity index (χ0v) is 61.6. The smallest absolute Gasteiger partial charge is 0.410 e. The number of hydrogen-bond acceptors (Lipinski definition) is 15. The van der Waals surface area contributed by atoms with E-state index in [2.05, 4.69) is 15.5 Å². The lowest BCUT2D eigenvalue weighted by atomic mass is 9.83. The van der Waals surface area contributed by atoms with Crippen molar-refractivity contribution in [3.63, 3.8) is 0 Å². The number of Topliss-reactive ketones (excluding diaryl/α,β-unsaturated/α-hetero) is 3. The second-order valence-electron chi connectivity index (χ2n) is 29.3. The molecule has 0 aliphatic carbocycles. The molecule has 99 heavy (non-hydrogen) atoms. The van der Waals surface area contributed by atoms with Gasteiger partial charge in [-0.05, 0) is 124 Å². The number of aliphatic hydroxyl groups excluding tert-OH is 1. The third-order valence-electron chi connectivity index (χ3n) is 21.0. The van der Waals surface area contributed by atoms with E-state index in [1.54, 1.807) is 62.1 Å². The summed E-state index contributed by atoms with van der Waals surface area (Å²) in [5.74, 6) is -6.38. The Kier molecular flexibility index (Phi) is 34.2. The molecule has 20 nitrogen and oxygen atoms in total. The molecule has 2 aromatic carbocycles. The first-order chi connectivity index (χ1) is 46.8. The fourth-order valence-electron chi connectivity index (χ4n) is 14.8. The predicted molar refractivity (Wildman–Crippen MR) is 375 cm³/mol. The summed E-state index contributed by atoms with van der Waals surface area (Å²) < 4.78 is 61.7. The molecule has 3 aliphatic heterocycles. The standard InChI is InChI=1S/C76H118F3N7O13/c1-15-51(8)70(63(97-13)46-67(92)85-42-26-30-59(85)72(98-14)53(10)60(87)43-52(9)71(93)55-27-19-16-20-28-55)82(11)74(95)58(48(2)3)45-62(89)69(50(6)7)83(12)75(96)99-47-54-32-34-57(35-33-54)80-73(94)56(29-25-40-84-38-22-18-23-39-84)44-61(88)68(49(4)5)81-64(76(77,78)79)31-21-17-24-41-86-65(90)36-37-66(86)91/h16,19-20,27-28,32-35,48-53,56,58-59,63-64,68-72,81,93H,15,17-18,21-26,29-31,36-47H2,1-14H3,(H,80,94)/t51-,52-,53-,56+,58-,59-,63+,64-,68-,69-,70-,71+,72+/m0/s1. The number of ether oxygens (including phenoxy) is 3. The Morgan fingerprint density at radius 2 is 1.32 bits per heavy atom. The number of likely N-dealkylation sites (N-methyl/N-ethyl adjacent to an activating group) is 2. The monoisotopic (exact) mass is 1390 g/mol. The Morgan fingerprint density at radius 3 is 1.90 bits per heavy atom. The molecule has 6 amide bonds. The first kappa shape index (κ1) is 83.5. The second-order valence-corrected chi connectivity index (χ2v) is 29.3. The van der Waals surface area contributed by atoms with Crippen LogP contribution in [0.2, 0.25) is 0 Å². The third-order valence-corrected chi connectivity index (χ3v) is 21.0. The van der Waals surface area contributed by atoms with Gasteiger partial charge in [0, 0.05) is 96.9 Å². The van der Waals surface area contributed by atoms with Crippen LogP contribution in [0.4, 0.5) is 23.7 Å². The minimum absolute atomic E-state index is 0.0579. The highest BCUT2D eigenvalue weighted by molar-refractivity contribution is 6.02. The number of hydrogen-bond donors (Lipinski definition) is 3. The van der Waals surface area contributed by atoms with Crippen LogP contribution in [-0.2, 0) is 59.2 Å². The molecule has 5 rings (SSSR count). The molecule has 3 aliphatic rings. The van der Waals surface area contributed by atoms with Crippen LogP contribution >= 0.6 is 0 Å². The van der Waals surface area contributed by atoms with Gasteiger partial charge in [-0.15, -0.1) is 0 Å². The van der Waals surface area contributed by atoms with E-state index in [1.807, 2.05) is 85.7 Å².